The highest BCUT2D eigenvalue weighted by Gasteiger charge is 2.18. The van der Waals surface area contributed by atoms with Crippen LogP contribution in [0.2, 0.25) is 0 Å². The van der Waals surface area contributed by atoms with Gasteiger partial charge in [-0.1, -0.05) is 37.3 Å². The molecule has 1 aliphatic heterocycles. The normalized spacial score (nSPS) is 15.3. The first kappa shape index (κ1) is 21.6. The molecule has 1 N–H and O–H groups in total. The van der Waals surface area contributed by atoms with Crippen molar-refractivity contribution < 1.29 is 4.79 Å². The molecule has 3 heterocycles. The minimum absolute atomic E-state index is 0.0343. The average molecular weight is 440 g/mol. The van der Waals surface area contributed by atoms with Gasteiger partial charge in [0.1, 0.15) is 0 Å². The standard InChI is InChI=1S/C22H29N7OS/c1-17-9-12-28(13-10-17)15-20-25-26-27-29(20)11-5-8-21(30)23-14-19-22(24-16-31-19)18-6-3-2-4-7-18/h2-4,6-7,16-17H,5,8-15H2,1H3,(H,23,30). The van der Waals surface area contributed by atoms with Crippen LogP contribution in [0.5, 0.6) is 0 Å². The Morgan fingerprint density at radius 2 is 2.03 bits per heavy atom. The van der Waals surface area contributed by atoms with Crippen LogP contribution in [-0.2, 0) is 24.4 Å². The molecule has 0 bridgehead atoms. The van der Waals surface area contributed by atoms with E-state index in [1.54, 1.807) is 11.3 Å². The predicted molar refractivity (Wildman–Crippen MR) is 120 cm³/mol. The largest absolute Gasteiger partial charge is 0.351 e. The van der Waals surface area contributed by atoms with Crippen molar-refractivity contribution in [3.63, 3.8) is 0 Å². The molecule has 164 valence electrons. The number of benzene rings is 1. The van der Waals surface area contributed by atoms with E-state index in [4.69, 9.17) is 0 Å². The van der Waals surface area contributed by atoms with E-state index < -0.39 is 0 Å². The van der Waals surface area contributed by atoms with Crippen LogP contribution in [0.15, 0.2) is 35.8 Å². The number of thiazole rings is 1. The molecular weight excluding hydrogens is 410 g/mol. The van der Waals surface area contributed by atoms with Crippen molar-refractivity contribution >= 4 is 17.2 Å². The molecular formula is C22H29N7OS. The highest BCUT2D eigenvalue weighted by atomic mass is 32.1. The SMILES string of the molecule is CC1CCN(Cc2nnnn2CCCC(=O)NCc2scnc2-c2ccccc2)CC1. The second-order valence-electron chi connectivity index (χ2n) is 8.15. The zero-order valence-electron chi connectivity index (χ0n) is 17.9. The first-order valence-electron chi connectivity index (χ1n) is 10.9. The zero-order valence-corrected chi connectivity index (χ0v) is 18.7. The Bertz CT molecular complexity index is 963. The number of likely N-dealkylation sites (tertiary alicyclic amines) is 1. The number of tetrazole rings is 1. The molecule has 8 nitrogen and oxygen atoms in total. The van der Waals surface area contributed by atoms with E-state index in [9.17, 15) is 4.79 Å². The number of aryl methyl sites for hydroxylation is 1. The molecule has 1 saturated heterocycles. The van der Waals surface area contributed by atoms with Crippen LogP contribution in [-0.4, -0.2) is 49.1 Å². The summed E-state index contributed by atoms with van der Waals surface area (Å²) in [5, 5.41) is 15.2. The molecule has 0 saturated carbocycles. The van der Waals surface area contributed by atoms with Gasteiger partial charge in [-0.15, -0.1) is 16.4 Å². The fraction of sp³-hybridized carbons (Fsp3) is 0.500. The lowest BCUT2D eigenvalue weighted by Gasteiger charge is -2.29. The molecule has 0 radical (unpaired) electrons. The van der Waals surface area contributed by atoms with Gasteiger partial charge in [0.25, 0.3) is 0 Å². The first-order chi connectivity index (χ1) is 15.2. The third kappa shape index (κ3) is 5.95. The molecule has 31 heavy (non-hydrogen) atoms. The summed E-state index contributed by atoms with van der Waals surface area (Å²) in [5.74, 6) is 1.72. The average Bonchev–Trinajstić information content (AvgIpc) is 3.44. The van der Waals surface area contributed by atoms with Crippen molar-refractivity contribution in [3.8, 4) is 11.3 Å². The van der Waals surface area contributed by atoms with Gasteiger partial charge in [-0.3, -0.25) is 9.69 Å². The van der Waals surface area contributed by atoms with E-state index in [0.29, 0.717) is 25.9 Å². The quantitative estimate of drug-likeness (QED) is 0.551. The molecule has 3 aromatic rings. The smallest absolute Gasteiger partial charge is 0.220 e. The Hall–Kier alpha value is -2.65. The Labute approximate surface area is 186 Å². The second-order valence-corrected chi connectivity index (χ2v) is 9.09. The van der Waals surface area contributed by atoms with Gasteiger partial charge < -0.3 is 5.32 Å². The highest BCUT2D eigenvalue weighted by Crippen LogP contribution is 2.25. The summed E-state index contributed by atoms with van der Waals surface area (Å²) in [5.41, 5.74) is 3.84. The summed E-state index contributed by atoms with van der Waals surface area (Å²) >= 11 is 1.57. The molecule has 1 amide bonds. The van der Waals surface area contributed by atoms with Crippen LogP contribution >= 0.6 is 11.3 Å². The minimum atomic E-state index is 0.0343. The lowest BCUT2D eigenvalue weighted by molar-refractivity contribution is -0.121. The maximum absolute atomic E-state index is 12.4. The van der Waals surface area contributed by atoms with Crippen LogP contribution in [0, 0.1) is 5.92 Å². The third-order valence-corrected chi connectivity index (χ3v) is 6.59. The second kappa shape index (κ2) is 10.6. The van der Waals surface area contributed by atoms with Gasteiger partial charge in [-0.2, -0.15) is 0 Å². The molecule has 1 aromatic carbocycles. The highest BCUT2D eigenvalue weighted by molar-refractivity contribution is 7.10. The van der Waals surface area contributed by atoms with Crippen LogP contribution < -0.4 is 5.32 Å². The Morgan fingerprint density at radius 1 is 1.23 bits per heavy atom. The Balaban J connectivity index is 1.21. The fourth-order valence-electron chi connectivity index (χ4n) is 3.81. The number of rotatable bonds is 9. The summed E-state index contributed by atoms with van der Waals surface area (Å²) in [6, 6.07) is 10.1. The summed E-state index contributed by atoms with van der Waals surface area (Å²) < 4.78 is 1.84. The molecule has 2 aromatic heterocycles. The predicted octanol–water partition coefficient (Wildman–Crippen LogP) is 3.13. The maximum atomic E-state index is 12.4. The van der Waals surface area contributed by atoms with Gasteiger partial charge in [-0.25, -0.2) is 9.67 Å². The maximum Gasteiger partial charge on any atom is 0.220 e. The number of aromatic nitrogens is 5. The van der Waals surface area contributed by atoms with Crippen LogP contribution in [0.1, 0.15) is 43.3 Å². The van der Waals surface area contributed by atoms with Gasteiger partial charge in [0.15, 0.2) is 5.82 Å². The van der Waals surface area contributed by atoms with Crippen molar-refractivity contribution in [1.29, 1.82) is 0 Å². The van der Waals surface area contributed by atoms with Crippen molar-refractivity contribution in [2.45, 2.75) is 52.2 Å². The zero-order chi connectivity index (χ0) is 21.5. The van der Waals surface area contributed by atoms with Gasteiger partial charge >= 0.3 is 0 Å². The molecule has 1 fully saturated rings. The first-order valence-corrected chi connectivity index (χ1v) is 11.8. The van der Waals surface area contributed by atoms with Crippen molar-refractivity contribution in [3.05, 3.63) is 46.5 Å². The van der Waals surface area contributed by atoms with Crippen LogP contribution in [0.25, 0.3) is 11.3 Å². The van der Waals surface area contributed by atoms with Crippen molar-refractivity contribution in [1.82, 2.24) is 35.4 Å². The van der Waals surface area contributed by atoms with Gasteiger partial charge in [0.2, 0.25) is 5.91 Å². The number of nitrogens with zero attached hydrogens (tertiary/aromatic N) is 6. The lowest BCUT2D eigenvalue weighted by atomic mass is 9.99. The Morgan fingerprint density at radius 3 is 2.84 bits per heavy atom. The molecule has 0 unspecified atom stereocenters. The lowest BCUT2D eigenvalue weighted by Crippen LogP contribution is -2.33. The van der Waals surface area contributed by atoms with Crippen LogP contribution in [0.4, 0.5) is 0 Å². The minimum Gasteiger partial charge on any atom is -0.351 e. The third-order valence-electron chi connectivity index (χ3n) is 5.76. The molecule has 1 aliphatic rings. The van der Waals surface area contributed by atoms with E-state index >= 15 is 0 Å². The summed E-state index contributed by atoms with van der Waals surface area (Å²) in [4.78, 5) is 20.3. The van der Waals surface area contributed by atoms with Gasteiger partial charge in [0.05, 0.1) is 29.2 Å². The van der Waals surface area contributed by atoms with E-state index in [1.165, 1.54) is 12.8 Å². The summed E-state index contributed by atoms with van der Waals surface area (Å²) in [6.07, 6.45) is 3.61. The fourth-order valence-corrected chi connectivity index (χ4v) is 4.54. The molecule has 0 aliphatic carbocycles. The van der Waals surface area contributed by atoms with Gasteiger partial charge in [-0.05, 0) is 48.7 Å². The van der Waals surface area contributed by atoms with E-state index in [1.807, 2.05) is 40.5 Å². The number of piperidine rings is 1. The Kier molecular flexibility index (Phi) is 7.37. The summed E-state index contributed by atoms with van der Waals surface area (Å²) in [6.45, 7) is 6.43. The number of nitrogens with one attached hydrogen (secondary N) is 1. The number of hydrogen-bond acceptors (Lipinski definition) is 7. The van der Waals surface area contributed by atoms with E-state index in [-0.39, 0.29) is 5.91 Å². The van der Waals surface area contributed by atoms with Crippen molar-refractivity contribution in [2.75, 3.05) is 13.1 Å². The topological polar surface area (TPSA) is 88.8 Å². The van der Waals surface area contributed by atoms with E-state index in [2.05, 4.69) is 37.6 Å². The number of carbonyl (C=O) groups excluding carboxylic acids is 1. The molecule has 0 atom stereocenters. The van der Waals surface area contributed by atoms with Gasteiger partial charge in [0, 0.05) is 18.5 Å². The van der Waals surface area contributed by atoms with Crippen LogP contribution in [0.3, 0.4) is 0 Å². The molecule has 9 heteroatoms. The van der Waals surface area contributed by atoms with E-state index in [0.717, 1.165) is 47.5 Å². The number of amides is 1. The number of hydrogen-bond donors (Lipinski definition) is 1. The summed E-state index contributed by atoms with van der Waals surface area (Å²) in [7, 11) is 0. The number of carbonyl (C=O) groups is 1. The molecule has 4 rings (SSSR count). The monoisotopic (exact) mass is 439 g/mol. The van der Waals surface area contributed by atoms with Crippen molar-refractivity contribution in [2.24, 2.45) is 5.92 Å². The molecule has 0 spiro atoms.